The quantitative estimate of drug-likeness (QED) is 0.913. The SMILES string of the molecule is CCO[C@@H]1CCCN(c2cc(Br)cc(F)c2C(N)=O)C1. The number of anilines is 1. The second-order valence-electron chi connectivity index (χ2n) is 4.81. The molecule has 1 saturated heterocycles. The van der Waals surface area contributed by atoms with Crippen molar-refractivity contribution in [2.75, 3.05) is 24.6 Å². The average molecular weight is 345 g/mol. The van der Waals surface area contributed by atoms with Gasteiger partial charge < -0.3 is 15.4 Å². The smallest absolute Gasteiger partial charge is 0.253 e. The van der Waals surface area contributed by atoms with Crippen molar-refractivity contribution >= 4 is 27.5 Å². The number of benzene rings is 1. The van der Waals surface area contributed by atoms with Crippen molar-refractivity contribution in [2.45, 2.75) is 25.9 Å². The van der Waals surface area contributed by atoms with E-state index in [4.69, 9.17) is 10.5 Å². The standard InChI is InChI=1S/C14H18BrFN2O2/c1-2-20-10-4-3-5-18(8-10)12-7-9(15)6-11(16)13(12)14(17)19/h6-7,10H,2-5,8H2,1H3,(H2,17,19)/t10-/m1/s1. The van der Waals surface area contributed by atoms with Gasteiger partial charge >= 0.3 is 0 Å². The zero-order valence-corrected chi connectivity index (χ0v) is 13.0. The first-order valence-electron chi connectivity index (χ1n) is 6.68. The van der Waals surface area contributed by atoms with Gasteiger partial charge in [-0.15, -0.1) is 0 Å². The molecule has 2 N–H and O–H groups in total. The lowest BCUT2D eigenvalue weighted by Crippen LogP contribution is -2.40. The van der Waals surface area contributed by atoms with E-state index < -0.39 is 11.7 Å². The number of carbonyl (C=O) groups excluding carboxylic acids is 1. The maximum Gasteiger partial charge on any atom is 0.253 e. The van der Waals surface area contributed by atoms with E-state index in [1.807, 2.05) is 11.8 Å². The number of carbonyl (C=O) groups is 1. The molecule has 4 nitrogen and oxygen atoms in total. The average Bonchev–Trinajstić information content (AvgIpc) is 2.38. The van der Waals surface area contributed by atoms with Crippen LogP contribution >= 0.6 is 15.9 Å². The third-order valence-electron chi connectivity index (χ3n) is 3.40. The summed E-state index contributed by atoms with van der Waals surface area (Å²) in [6, 6.07) is 2.99. The molecule has 1 atom stereocenters. The summed E-state index contributed by atoms with van der Waals surface area (Å²) < 4.78 is 20.2. The maximum atomic E-state index is 14.0. The van der Waals surface area contributed by atoms with Crippen LogP contribution in [0.15, 0.2) is 16.6 Å². The summed E-state index contributed by atoms with van der Waals surface area (Å²) in [7, 11) is 0. The molecule has 0 unspecified atom stereocenters. The van der Waals surface area contributed by atoms with E-state index >= 15 is 0 Å². The highest BCUT2D eigenvalue weighted by atomic mass is 79.9. The first-order valence-corrected chi connectivity index (χ1v) is 7.47. The van der Waals surface area contributed by atoms with E-state index in [1.165, 1.54) is 6.07 Å². The normalized spacial score (nSPS) is 19.1. The van der Waals surface area contributed by atoms with Gasteiger partial charge in [-0.2, -0.15) is 0 Å². The fourth-order valence-corrected chi connectivity index (χ4v) is 3.00. The molecular formula is C14H18BrFN2O2. The summed E-state index contributed by atoms with van der Waals surface area (Å²) in [5.41, 5.74) is 5.80. The molecule has 0 bridgehead atoms. The molecule has 0 saturated carbocycles. The van der Waals surface area contributed by atoms with Gasteiger partial charge in [0.2, 0.25) is 0 Å². The zero-order chi connectivity index (χ0) is 14.7. The molecule has 1 fully saturated rings. The molecule has 1 aromatic carbocycles. The van der Waals surface area contributed by atoms with Crippen molar-refractivity contribution in [2.24, 2.45) is 5.73 Å². The number of halogens is 2. The van der Waals surface area contributed by atoms with Gasteiger partial charge in [-0.25, -0.2) is 4.39 Å². The number of piperidine rings is 1. The Morgan fingerprint density at radius 2 is 2.35 bits per heavy atom. The van der Waals surface area contributed by atoms with Gasteiger partial charge in [0.05, 0.1) is 17.4 Å². The summed E-state index contributed by atoms with van der Waals surface area (Å²) in [4.78, 5) is 13.5. The van der Waals surface area contributed by atoms with E-state index in [2.05, 4.69) is 15.9 Å². The Bertz CT molecular complexity index is 508. The van der Waals surface area contributed by atoms with Crippen molar-refractivity contribution in [3.05, 3.63) is 28.0 Å². The molecule has 0 spiro atoms. The molecule has 6 heteroatoms. The first-order chi connectivity index (χ1) is 9.52. The number of hydrogen-bond acceptors (Lipinski definition) is 3. The minimum absolute atomic E-state index is 0.0506. The number of nitrogens with zero attached hydrogens (tertiary/aromatic N) is 1. The minimum atomic E-state index is -0.747. The molecule has 1 aromatic rings. The lowest BCUT2D eigenvalue weighted by molar-refractivity contribution is 0.0526. The second kappa shape index (κ2) is 6.54. The van der Waals surface area contributed by atoms with Crippen LogP contribution in [0.25, 0.3) is 0 Å². The molecule has 2 rings (SSSR count). The summed E-state index contributed by atoms with van der Waals surface area (Å²) in [6.07, 6.45) is 2.03. The Kier molecular flexibility index (Phi) is 4.99. The highest BCUT2D eigenvalue weighted by Gasteiger charge is 2.25. The van der Waals surface area contributed by atoms with E-state index in [9.17, 15) is 9.18 Å². The van der Waals surface area contributed by atoms with Crippen LogP contribution in [0.5, 0.6) is 0 Å². The van der Waals surface area contributed by atoms with Gasteiger partial charge in [0.1, 0.15) is 5.82 Å². The molecule has 1 aliphatic heterocycles. The fraction of sp³-hybridized carbons (Fsp3) is 0.500. The lowest BCUT2D eigenvalue weighted by Gasteiger charge is -2.35. The van der Waals surface area contributed by atoms with Crippen molar-refractivity contribution in [1.82, 2.24) is 0 Å². The largest absolute Gasteiger partial charge is 0.377 e. The molecule has 0 radical (unpaired) electrons. The predicted octanol–water partition coefficient (Wildman–Crippen LogP) is 2.69. The maximum absolute atomic E-state index is 14.0. The van der Waals surface area contributed by atoms with Gasteiger partial charge in [0, 0.05) is 24.2 Å². The van der Waals surface area contributed by atoms with Crippen LogP contribution in [-0.2, 0) is 4.74 Å². The van der Waals surface area contributed by atoms with Gasteiger partial charge in [-0.1, -0.05) is 15.9 Å². The minimum Gasteiger partial charge on any atom is -0.377 e. The van der Waals surface area contributed by atoms with Crippen LogP contribution in [0.1, 0.15) is 30.1 Å². The number of nitrogens with two attached hydrogens (primary N) is 1. The van der Waals surface area contributed by atoms with Crippen molar-refractivity contribution in [3.63, 3.8) is 0 Å². The highest BCUT2D eigenvalue weighted by Crippen LogP contribution is 2.30. The fourth-order valence-electron chi connectivity index (χ4n) is 2.58. The molecule has 1 aliphatic rings. The zero-order valence-electron chi connectivity index (χ0n) is 11.4. The summed E-state index contributed by atoms with van der Waals surface area (Å²) in [5.74, 6) is -1.34. The molecule has 0 aliphatic carbocycles. The van der Waals surface area contributed by atoms with Crippen LogP contribution in [-0.4, -0.2) is 31.7 Å². The number of ether oxygens (including phenoxy) is 1. The van der Waals surface area contributed by atoms with Gasteiger partial charge in [-0.05, 0) is 31.9 Å². The van der Waals surface area contributed by atoms with E-state index in [0.717, 1.165) is 19.4 Å². The molecular weight excluding hydrogens is 327 g/mol. The first kappa shape index (κ1) is 15.3. The van der Waals surface area contributed by atoms with Crippen molar-refractivity contribution in [3.8, 4) is 0 Å². The Hall–Kier alpha value is -1.14. The number of amides is 1. The molecule has 1 heterocycles. The van der Waals surface area contributed by atoms with Gasteiger partial charge in [0.25, 0.3) is 5.91 Å². The second-order valence-corrected chi connectivity index (χ2v) is 5.73. The van der Waals surface area contributed by atoms with Gasteiger partial charge in [0.15, 0.2) is 0 Å². The topological polar surface area (TPSA) is 55.6 Å². The van der Waals surface area contributed by atoms with E-state index in [0.29, 0.717) is 23.3 Å². The van der Waals surface area contributed by atoms with Crippen molar-refractivity contribution in [1.29, 1.82) is 0 Å². The van der Waals surface area contributed by atoms with E-state index in [1.54, 1.807) is 6.07 Å². The monoisotopic (exact) mass is 344 g/mol. The lowest BCUT2D eigenvalue weighted by atomic mass is 10.0. The molecule has 0 aromatic heterocycles. The van der Waals surface area contributed by atoms with Crippen molar-refractivity contribution < 1.29 is 13.9 Å². The molecule has 1 amide bonds. The molecule has 20 heavy (non-hydrogen) atoms. The summed E-state index contributed by atoms with van der Waals surface area (Å²) in [5, 5.41) is 0. The Morgan fingerprint density at radius 3 is 3.00 bits per heavy atom. The van der Waals surface area contributed by atoms with Crippen LogP contribution in [0, 0.1) is 5.82 Å². The Morgan fingerprint density at radius 1 is 1.60 bits per heavy atom. The number of primary amides is 1. The Balaban J connectivity index is 2.33. The van der Waals surface area contributed by atoms with Crippen LogP contribution in [0.4, 0.5) is 10.1 Å². The third-order valence-corrected chi connectivity index (χ3v) is 3.86. The third kappa shape index (κ3) is 3.30. The highest BCUT2D eigenvalue weighted by molar-refractivity contribution is 9.10. The van der Waals surface area contributed by atoms with Crippen LogP contribution in [0.2, 0.25) is 0 Å². The Labute approximate surface area is 126 Å². The van der Waals surface area contributed by atoms with E-state index in [-0.39, 0.29) is 11.7 Å². The van der Waals surface area contributed by atoms with Gasteiger partial charge in [-0.3, -0.25) is 4.79 Å². The summed E-state index contributed by atoms with van der Waals surface area (Å²) >= 11 is 3.26. The van der Waals surface area contributed by atoms with Crippen LogP contribution < -0.4 is 10.6 Å². The predicted molar refractivity (Wildman–Crippen MR) is 79.5 cm³/mol. The summed E-state index contributed by atoms with van der Waals surface area (Å²) in [6.45, 7) is 4.00. The van der Waals surface area contributed by atoms with Crippen LogP contribution in [0.3, 0.4) is 0 Å². The molecule has 110 valence electrons. The number of hydrogen-bond donors (Lipinski definition) is 1. The number of rotatable bonds is 4.